The van der Waals surface area contributed by atoms with Crippen LogP contribution in [0, 0.1) is 17.8 Å². The maximum atomic E-state index is 13.4. The number of hydrogen-bond acceptors (Lipinski definition) is 3. The summed E-state index contributed by atoms with van der Waals surface area (Å²) in [7, 11) is 0. The molecule has 1 N–H and O–H groups in total. The Morgan fingerprint density at radius 1 is 1.27 bits per heavy atom. The number of H-pyrrole nitrogens is 1. The van der Waals surface area contributed by atoms with Crippen LogP contribution in [0.25, 0.3) is 11.2 Å². The molecule has 0 amide bonds. The van der Waals surface area contributed by atoms with Crippen molar-refractivity contribution in [1.29, 1.82) is 0 Å². The molecule has 4 aliphatic rings. The van der Waals surface area contributed by atoms with Gasteiger partial charge in [-0.05, 0) is 62.7 Å². The Morgan fingerprint density at radius 2 is 2.04 bits per heavy atom. The topological polar surface area (TPSA) is 72.7 Å². The van der Waals surface area contributed by atoms with Gasteiger partial charge in [-0.25, -0.2) is 9.78 Å². The number of aryl methyl sites for hydroxylation is 1. The molecule has 2 heterocycles. The first-order valence-electron chi connectivity index (χ1n) is 13.0. The molecule has 2 atom stereocenters. The molecule has 6 nitrogen and oxygen atoms in total. The number of hydrogen-bond donors (Lipinski definition) is 1. The molecule has 140 valence electrons. The number of imidazole rings is 1. The van der Waals surface area contributed by atoms with Crippen molar-refractivity contribution in [2.45, 2.75) is 77.1 Å². The summed E-state index contributed by atoms with van der Waals surface area (Å²) in [6.07, 6.45) is 2.43. The van der Waals surface area contributed by atoms with Gasteiger partial charge in [0.1, 0.15) is 11.3 Å². The highest BCUT2D eigenvalue weighted by molar-refractivity contribution is 5.70. The van der Waals surface area contributed by atoms with E-state index in [9.17, 15) is 9.59 Å². The molecule has 2 aromatic rings. The molecule has 0 spiro atoms. The van der Waals surface area contributed by atoms with Crippen LogP contribution in [0.15, 0.2) is 9.59 Å². The van der Waals surface area contributed by atoms with E-state index in [0.29, 0.717) is 30.0 Å². The highest BCUT2D eigenvalue weighted by Crippen LogP contribution is 2.65. The Kier molecular flexibility index (Phi) is 2.24. The lowest BCUT2D eigenvalue weighted by molar-refractivity contribution is 0.262. The average molecular weight is 364 g/mol. The van der Waals surface area contributed by atoms with E-state index in [-0.39, 0.29) is 27.7 Å². The summed E-state index contributed by atoms with van der Waals surface area (Å²) in [6, 6.07) is 0. The quantitative estimate of drug-likeness (QED) is 0.888. The first-order valence-corrected chi connectivity index (χ1v) is 9.51. The van der Waals surface area contributed by atoms with Crippen molar-refractivity contribution in [2.24, 2.45) is 17.8 Å². The van der Waals surface area contributed by atoms with Crippen molar-refractivity contribution in [1.82, 2.24) is 19.1 Å². The summed E-state index contributed by atoms with van der Waals surface area (Å²) in [6.45, 7) is -4.86. The summed E-state index contributed by atoms with van der Waals surface area (Å²) >= 11 is 0. The maximum Gasteiger partial charge on any atom is 0.332 e. The summed E-state index contributed by atoms with van der Waals surface area (Å²) in [5, 5.41) is 0. The molecule has 2 unspecified atom stereocenters. The Bertz CT molecular complexity index is 1230. The van der Waals surface area contributed by atoms with Crippen LogP contribution < -0.4 is 11.2 Å². The Labute approximate surface area is 162 Å². The van der Waals surface area contributed by atoms with Gasteiger partial charge in [0.25, 0.3) is 5.56 Å². The van der Waals surface area contributed by atoms with Crippen LogP contribution in [0.3, 0.4) is 0 Å². The largest absolute Gasteiger partial charge is 0.336 e. The van der Waals surface area contributed by atoms with Gasteiger partial charge in [0, 0.05) is 25.3 Å². The van der Waals surface area contributed by atoms with E-state index in [1.807, 2.05) is 6.92 Å². The predicted octanol–water partition coefficient (Wildman–Crippen LogP) is 2.78. The van der Waals surface area contributed by atoms with Gasteiger partial charge in [-0.15, -0.1) is 0 Å². The lowest BCUT2D eigenvalue weighted by Gasteiger charge is -2.30. The SMILES string of the molecule is [2H]C([2H])([2H])C([2H])([2H])C([2H])([2H])n1c(=O)c2[nH]c(C34CC5CC(CC3C5)C4)nc2n(CCC)c1=O. The molecule has 4 aliphatic carbocycles. The fourth-order valence-electron chi connectivity index (χ4n) is 6.12. The first kappa shape index (κ1) is 10.5. The van der Waals surface area contributed by atoms with Gasteiger partial charge in [-0.1, -0.05) is 13.8 Å². The van der Waals surface area contributed by atoms with E-state index in [1.165, 1.54) is 11.0 Å². The highest BCUT2D eigenvalue weighted by atomic mass is 16.2. The monoisotopic (exact) mass is 363 g/mol. The molecule has 2 aromatic heterocycles. The van der Waals surface area contributed by atoms with Crippen LogP contribution in [0.1, 0.15) is 74.1 Å². The van der Waals surface area contributed by atoms with Crippen LogP contribution in [-0.4, -0.2) is 19.1 Å². The molecular weight excluding hydrogens is 328 g/mol. The van der Waals surface area contributed by atoms with Crippen LogP contribution in [0.4, 0.5) is 0 Å². The molecule has 26 heavy (non-hydrogen) atoms. The number of aromatic amines is 1. The molecule has 4 fully saturated rings. The van der Waals surface area contributed by atoms with Crippen LogP contribution in [-0.2, 0) is 18.5 Å². The van der Waals surface area contributed by atoms with Crippen molar-refractivity contribution in [3.63, 3.8) is 0 Å². The van der Waals surface area contributed by atoms with E-state index in [1.54, 1.807) is 0 Å². The maximum absolute atomic E-state index is 13.4. The lowest BCUT2D eigenvalue weighted by Crippen LogP contribution is -2.40. The van der Waals surface area contributed by atoms with Gasteiger partial charge < -0.3 is 4.98 Å². The zero-order chi connectivity index (χ0) is 24.1. The minimum absolute atomic E-state index is 0.0798. The van der Waals surface area contributed by atoms with Crippen LogP contribution in [0.2, 0.25) is 0 Å². The zero-order valence-electron chi connectivity index (χ0n) is 21.8. The Hall–Kier alpha value is -1.85. The Balaban J connectivity index is 1.75. The predicted molar refractivity (Wildman–Crippen MR) is 100 cm³/mol. The van der Waals surface area contributed by atoms with Crippen LogP contribution in [0.5, 0.6) is 0 Å². The second-order valence-corrected chi connectivity index (χ2v) is 8.30. The van der Waals surface area contributed by atoms with E-state index in [0.717, 1.165) is 25.7 Å². The van der Waals surface area contributed by atoms with E-state index >= 15 is 0 Å². The van der Waals surface area contributed by atoms with Gasteiger partial charge in [0.2, 0.25) is 0 Å². The fraction of sp³-hybridized carbons (Fsp3) is 0.750. The number of nitrogens with one attached hydrogen (secondary N) is 1. The summed E-state index contributed by atoms with van der Waals surface area (Å²) in [5.74, 6) is 2.37. The molecular formula is C20H28N4O2. The number of aromatic nitrogens is 4. The average Bonchev–Trinajstić information content (AvgIpc) is 3.32. The van der Waals surface area contributed by atoms with E-state index < -0.39 is 31.0 Å². The third-order valence-electron chi connectivity index (χ3n) is 6.86. The summed E-state index contributed by atoms with van der Waals surface area (Å²) < 4.78 is 56.2. The summed E-state index contributed by atoms with van der Waals surface area (Å²) in [4.78, 5) is 34.5. The molecule has 4 bridgehead atoms. The molecule has 0 saturated heterocycles. The highest BCUT2D eigenvalue weighted by Gasteiger charge is 2.59. The lowest BCUT2D eigenvalue weighted by atomic mass is 9.75. The molecule has 4 saturated carbocycles. The smallest absolute Gasteiger partial charge is 0.332 e. The van der Waals surface area contributed by atoms with Crippen molar-refractivity contribution >= 4 is 11.2 Å². The fourth-order valence-corrected chi connectivity index (χ4v) is 6.12. The van der Waals surface area contributed by atoms with Crippen LogP contribution >= 0.6 is 0 Å². The van der Waals surface area contributed by atoms with Crippen molar-refractivity contribution < 1.29 is 9.60 Å². The number of rotatable bonds is 5. The van der Waals surface area contributed by atoms with E-state index in [4.69, 9.17) is 14.6 Å². The molecule has 0 radical (unpaired) electrons. The van der Waals surface area contributed by atoms with Gasteiger partial charge in [-0.2, -0.15) is 0 Å². The first-order chi connectivity index (χ1) is 15.2. The third-order valence-corrected chi connectivity index (χ3v) is 6.86. The zero-order valence-corrected chi connectivity index (χ0v) is 14.8. The van der Waals surface area contributed by atoms with Gasteiger partial charge in [0.15, 0.2) is 5.65 Å². The molecule has 6 heteroatoms. The number of fused-ring (bicyclic) bond motifs is 1. The minimum atomic E-state index is -3.48. The summed E-state index contributed by atoms with van der Waals surface area (Å²) in [5.41, 5.74) is -2.31. The van der Waals surface area contributed by atoms with Gasteiger partial charge in [-0.3, -0.25) is 13.9 Å². The standard InChI is InChI=1S/C20H28N4O2/c1-3-5-23-16-15(17(25)24(6-4-2)19(23)26)21-18(22-16)20-10-12-7-13(11-20)9-14(20)8-12/h12-14H,3-11H2,1-2H3,(H,21,22)/i2D3,4D2,6D2. The third kappa shape index (κ3) is 2.01. The van der Waals surface area contributed by atoms with Crippen molar-refractivity contribution in [2.75, 3.05) is 0 Å². The van der Waals surface area contributed by atoms with Crippen molar-refractivity contribution in [3.05, 3.63) is 26.7 Å². The second-order valence-electron chi connectivity index (χ2n) is 8.30. The molecule has 0 aliphatic heterocycles. The van der Waals surface area contributed by atoms with Gasteiger partial charge >= 0.3 is 5.69 Å². The van der Waals surface area contributed by atoms with Crippen molar-refractivity contribution in [3.8, 4) is 0 Å². The molecule has 0 aromatic carbocycles. The second kappa shape index (κ2) is 5.57. The normalized spacial score (nSPS) is 37.7. The Morgan fingerprint density at radius 3 is 2.73 bits per heavy atom. The number of nitrogens with zero attached hydrogens (tertiary/aromatic N) is 3. The molecule has 6 rings (SSSR count). The van der Waals surface area contributed by atoms with E-state index in [2.05, 4.69) is 4.98 Å². The minimum Gasteiger partial charge on any atom is -0.336 e. The van der Waals surface area contributed by atoms with Gasteiger partial charge in [0.05, 0.1) is 2.74 Å².